The molecule has 124 valence electrons. The molecule has 0 radical (unpaired) electrons. The SMILES string of the molecule is C=C/C=C\C=C(/C)OC(=O)c1ccc(OCCCCCO)cc1. The van der Waals surface area contributed by atoms with E-state index in [0.29, 0.717) is 23.7 Å². The van der Waals surface area contributed by atoms with Crippen LogP contribution in [0.2, 0.25) is 0 Å². The molecule has 0 unspecified atom stereocenters. The molecule has 0 aliphatic heterocycles. The van der Waals surface area contributed by atoms with Gasteiger partial charge in [0.1, 0.15) is 11.5 Å². The molecule has 0 aliphatic carbocycles. The zero-order valence-corrected chi connectivity index (χ0v) is 13.5. The Morgan fingerprint density at radius 3 is 2.57 bits per heavy atom. The fraction of sp³-hybridized carbons (Fsp3) is 0.316. The fourth-order valence-electron chi connectivity index (χ4n) is 1.78. The predicted octanol–water partition coefficient (Wildman–Crippen LogP) is 4.03. The van der Waals surface area contributed by atoms with Crippen molar-refractivity contribution >= 4 is 5.97 Å². The Hall–Kier alpha value is -2.33. The van der Waals surface area contributed by atoms with Crippen LogP contribution in [0.5, 0.6) is 5.75 Å². The summed E-state index contributed by atoms with van der Waals surface area (Å²) in [4.78, 5) is 12.0. The zero-order valence-electron chi connectivity index (χ0n) is 13.5. The van der Waals surface area contributed by atoms with E-state index in [1.807, 2.05) is 0 Å². The van der Waals surface area contributed by atoms with Gasteiger partial charge in [0.15, 0.2) is 0 Å². The number of unbranched alkanes of at least 4 members (excludes halogenated alkanes) is 2. The number of carbonyl (C=O) groups is 1. The van der Waals surface area contributed by atoms with Crippen molar-refractivity contribution in [1.29, 1.82) is 0 Å². The predicted molar refractivity (Wildman–Crippen MR) is 91.4 cm³/mol. The van der Waals surface area contributed by atoms with Crippen LogP contribution < -0.4 is 4.74 Å². The summed E-state index contributed by atoms with van der Waals surface area (Å²) in [6.45, 7) is 6.10. The molecular formula is C19H24O4. The Balaban J connectivity index is 2.45. The maximum atomic E-state index is 12.0. The van der Waals surface area contributed by atoms with Gasteiger partial charge in [0.05, 0.1) is 12.2 Å². The third-order valence-electron chi connectivity index (χ3n) is 2.99. The minimum absolute atomic E-state index is 0.216. The van der Waals surface area contributed by atoms with Gasteiger partial charge in [-0.05, 0) is 56.5 Å². The number of rotatable bonds is 10. The smallest absolute Gasteiger partial charge is 0.343 e. The van der Waals surface area contributed by atoms with Crippen LogP contribution in [0.15, 0.2) is 60.9 Å². The van der Waals surface area contributed by atoms with E-state index in [0.717, 1.165) is 19.3 Å². The summed E-state index contributed by atoms with van der Waals surface area (Å²) >= 11 is 0. The second-order valence-electron chi connectivity index (χ2n) is 4.94. The molecule has 1 aromatic carbocycles. The molecule has 0 amide bonds. The standard InChI is InChI=1S/C19H24O4/c1-3-4-6-9-16(2)23-19(21)17-10-12-18(13-11-17)22-15-8-5-7-14-20/h3-4,6,9-13,20H,1,5,7-8,14-15H2,2H3/b6-4-,16-9+. The van der Waals surface area contributed by atoms with E-state index in [1.54, 1.807) is 55.5 Å². The van der Waals surface area contributed by atoms with Crippen molar-refractivity contribution in [3.63, 3.8) is 0 Å². The summed E-state index contributed by atoms with van der Waals surface area (Å²) in [5.74, 6) is 0.823. The molecule has 0 aliphatic rings. The maximum absolute atomic E-state index is 12.0. The first-order valence-electron chi connectivity index (χ1n) is 7.69. The summed E-state index contributed by atoms with van der Waals surface area (Å²) in [5.41, 5.74) is 0.470. The summed E-state index contributed by atoms with van der Waals surface area (Å²) < 4.78 is 10.8. The van der Waals surface area contributed by atoms with Gasteiger partial charge < -0.3 is 14.6 Å². The highest BCUT2D eigenvalue weighted by atomic mass is 16.5. The first kappa shape index (κ1) is 18.7. The van der Waals surface area contributed by atoms with E-state index in [4.69, 9.17) is 14.6 Å². The molecule has 4 heteroatoms. The second-order valence-corrected chi connectivity index (χ2v) is 4.94. The third-order valence-corrected chi connectivity index (χ3v) is 2.99. The van der Waals surface area contributed by atoms with Crippen LogP contribution in [0.25, 0.3) is 0 Å². The van der Waals surface area contributed by atoms with Crippen molar-refractivity contribution in [2.24, 2.45) is 0 Å². The van der Waals surface area contributed by atoms with Crippen molar-refractivity contribution in [3.8, 4) is 5.75 Å². The zero-order chi connectivity index (χ0) is 16.9. The molecule has 1 N–H and O–H groups in total. The Labute approximate surface area is 137 Å². The lowest BCUT2D eigenvalue weighted by molar-refractivity contribution is 0.0626. The highest BCUT2D eigenvalue weighted by Crippen LogP contribution is 2.14. The van der Waals surface area contributed by atoms with Gasteiger partial charge in [-0.3, -0.25) is 0 Å². The molecule has 0 bridgehead atoms. The lowest BCUT2D eigenvalue weighted by atomic mass is 10.2. The number of carbonyl (C=O) groups excluding carboxylic acids is 1. The number of aliphatic hydroxyl groups is 1. The number of esters is 1. The summed E-state index contributed by atoms with van der Waals surface area (Å²) in [6.07, 6.45) is 9.48. The number of hydrogen-bond donors (Lipinski definition) is 1. The third kappa shape index (κ3) is 8.02. The van der Waals surface area contributed by atoms with Crippen molar-refractivity contribution in [2.75, 3.05) is 13.2 Å². The van der Waals surface area contributed by atoms with Gasteiger partial charge in [0.2, 0.25) is 0 Å². The Morgan fingerprint density at radius 1 is 1.17 bits per heavy atom. The highest BCUT2D eigenvalue weighted by Gasteiger charge is 2.08. The normalized spacial score (nSPS) is 11.5. The van der Waals surface area contributed by atoms with E-state index in [9.17, 15) is 4.79 Å². The minimum Gasteiger partial charge on any atom is -0.494 e. The fourth-order valence-corrected chi connectivity index (χ4v) is 1.78. The van der Waals surface area contributed by atoms with Crippen molar-refractivity contribution in [1.82, 2.24) is 0 Å². The number of ether oxygens (including phenoxy) is 2. The number of allylic oxidation sites excluding steroid dienone is 5. The van der Waals surface area contributed by atoms with Crippen LogP contribution in [-0.4, -0.2) is 24.3 Å². The van der Waals surface area contributed by atoms with Crippen LogP contribution in [0.1, 0.15) is 36.5 Å². The molecule has 0 aromatic heterocycles. The highest BCUT2D eigenvalue weighted by molar-refractivity contribution is 5.90. The quantitative estimate of drug-likeness (QED) is 0.306. The molecule has 0 saturated heterocycles. The lowest BCUT2D eigenvalue weighted by Crippen LogP contribution is -2.04. The van der Waals surface area contributed by atoms with Crippen LogP contribution in [0.4, 0.5) is 0 Å². The molecule has 1 aromatic rings. The molecule has 0 spiro atoms. The monoisotopic (exact) mass is 316 g/mol. The van der Waals surface area contributed by atoms with Crippen LogP contribution in [0.3, 0.4) is 0 Å². The number of hydrogen-bond acceptors (Lipinski definition) is 4. The summed E-state index contributed by atoms with van der Waals surface area (Å²) in [6, 6.07) is 6.86. The maximum Gasteiger partial charge on any atom is 0.343 e. The molecule has 1 rings (SSSR count). The number of aliphatic hydroxyl groups excluding tert-OH is 1. The molecular weight excluding hydrogens is 292 g/mol. The average molecular weight is 316 g/mol. The number of benzene rings is 1. The lowest BCUT2D eigenvalue weighted by Gasteiger charge is -2.07. The van der Waals surface area contributed by atoms with Crippen LogP contribution in [-0.2, 0) is 4.74 Å². The van der Waals surface area contributed by atoms with E-state index >= 15 is 0 Å². The minimum atomic E-state index is -0.403. The Morgan fingerprint density at radius 2 is 1.91 bits per heavy atom. The summed E-state index contributed by atoms with van der Waals surface area (Å²) in [5, 5.41) is 8.69. The summed E-state index contributed by atoms with van der Waals surface area (Å²) in [7, 11) is 0. The second kappa shape index (κ2) is 11.3. The largest absolute Gasteiger partial charge is 0.494 e. The van der Waals surface area contributed by atoms with Gasteiger partial charge >= 0.3 is 5.97 Å². The van der Waals surface area contributed by atoms with Crippen molar-refractivity contribution < 1.29 is 19.4 Å². The molecule has 23 heavy (non-hydrogen) atoms. The average Bonchev–Trinajstić information content (AvgIpc) is 2.55. The van der Waals surface area contributed by atoms with Crippen LogP contribution >= 0.6 is 0 Å². The topological polar surface area (TPSA) is 55.8 Å². The Kier molecular flexibility index (Phi) is 9.17. The van der Waals surface area contributed by atoms with Gasteiger partial charge in [-0.25, -0.2) is 4.79 Å². The van der Waals surface area contributed by atoms with Crippen molar-refractivity contribution in [3.05, 3.63) is 66.5 Å². The van der Waals surface area contributed by atoms with E-state index in [2.05, 4.69) is 6.58 Å². The molecule has 0 fully saturated rings. The van der Waals surface area contributed by atoms with Gasteiger partial charge in [-0.15, -0.1) is 0 Å². The van der Waals surface area contributed by atoms with Gasteiger partial charge in [-0.2, -0.15) is 0 Å². The van der Waals surface area contributed by atoms with Crippen LogP contribution in [0, 0.1) is 0 Å². The van der Waals surface area contributed by atoms with E-state index < -0.39 is 5.97 Å². The van der Waals surface area contributed by atoms with Gasteiger partial charge in [0, 0.05) is 6.61 Å². The van der Waals surface area contributed by atoms with E-state index in [1.165, 1.54) is 0 Å². The van der Waals surface area contributed by atoms with E-state index in [-0.39, 0.29) is 6.61 Å². The molecule has 0 saturated carbocycles. The molecule has 0 heterocycles. The molecule has 0 atom stereocenters. The molecule has 4 nitrogen and oxygen atoms in total. The van der Waals surface area contributed by atoms with Gasteiger partial charge in [0.25, 0.3) is 0 Å². The first-order valence-corrected chi connectivity index (χ1v) is 7.69. The van der Waals surface area contributed by atoms with Crippen molar-refractivity contribution in [2.45, 2.75) is 26.2 Å². The van der Waals surface area contributed by atoms with Gasteiger partial charge in [-0.1, -0.05) is 24.8 Å². The first-order chi connectivity index (χ1) is 11.2. The Bertz CT molecular complexity index is 541.